The van der Waals surface area contributed by atoms with Crippen LogP contribution in [0.3, 0.4) is 0 Å². The second-order valence-electron chi connectivity index (χ2n) is 7.45. The van der Waals surface area contributed by atoms with Gasteiger partial charge in [-0.3, -0.25) is 9.59 Å². The van der Waals surface area contributed by atoms with Crippen molar-refractivity contribution in [2.75, 3.05) is 12.1 Å². The van der Waals surface area contributed by atoms with Crippen molar-refractivity contribution in [2.45, 2.75) is 24.3 Å². The summed E-state index contributed by atoms with van der Waals surface area (Å²) < 4.78 is 61.7. The van der Waals surface area contributed by atoms with Crippen molar-refractivity contribution in [3.8, 4) is 5.75 Å². The van der Waals surface area contributed by atoms with E-state index < -0.39 is 70.6 Å². The number of hydrazine groups is 1. The van der Waals surface area contributed by atoms with Crippen LogP contribution >= 0.6 is 11.6 Å². The monoisotopic (exact) mass is 533 g/mol. The SMILES string of the molecule is COc1ccc(Cl)cc1C1(F)C(=O)N(NC(=O)NC(CC(=O)O)C(=O)O)c2cc(C(F)(F)F)ccc21. The maximum Gasteiger partial charge on any atom is 0.416 e. The maximum absolute atomic E-state index is 16.6. The third-order valence-electron chi connectivity index (χ3n) is 5.16. The average Bonchev–Trinajstić information content (AvgIpc) is 2.99. The minimum absolute atomic E-state index is 0.0359. The van der Waals surface area contributed by atoms with Crippen molar-refractivity contribution in [3.05, 3.63) is 58.1 Å². The molecule has 0 aliphatic carbocycles. The average molecular weight is 534 g/mol. The Morgan fingerprint density at radius 1 is 1.14 bits per heavy atom. The highest BCUT2D eigenvalue weighted by atomic mass is 35.5. The lowest BCUT2D eigenvalue weighted by molar-refractivity contribution is -0.145. The molecular formula is C21H16ClF4N3O7. The van der Waals surface area contributed by atoms with Crippen LogP contribution in [-0.2, 0) is 26.2 Å². The number of rotatable bonds is 7. The number of nitrogens with zero attached hydrogens (tertiary/aromatic N) is 1. The first-order chi connectivity index (χ1) is 16.7. The van der Waals surface area contributed by atoms with Gasteiger partial charge in [-0.15, -0.1) is 0 Å². The fraction of sp³-hybridized carbons (Fsp3) is 0.238. The van der Waals surface area contributed by atoms with Gasteiger partial charge >= 0.3 is 24.1 Å². The number of carbonyl (C=O) groups excluding carboxylic acids is 2. The molecule has 1 aliphatic heterocycles. The molecule has 15 heteroatoms. The molecule has 0 saturated heterocycles. The van der Waals surface area contributed by atoms with Gasteiger partial charge in [-0.1, -0.05) is 17.7 Å². The number of hydrogen-bond acceptors (Lipinski definition) is 5. The molecule has 0 saturated carbocycles. The van der Waals surface area contributed by atoms with Gasteiger partial charge in [-0.05, 0) is 30.3 Å². The maximum atomic E-state index is 16.6. The number of benzene rings is 2. The molecule has 4 N–H and O–H groups in total. The summed E-state index contributed by atoms with van der Waals surface area (Å²) in [5, 5.41) is 19.8. The second-order valence-corrected chi connectivity index (χ2v) is 7.88. The Morgan fingerprint density at radius 3 is 2.36 bits per heavy atom. The number of aliphatic carboxylic acids is 2. The third-order valence-corrected chi connectivity index (χ3v) is 5.40. The molecule has 2 aromatic carbocycles. The number of carbonyl (C=O) groups is 4. The van der Waals surface area contributed by atoms with E-state index in [9.17, 15) is 32.3 Å². The molecule has 36 heavy (non-hydrogen) atoms. The number of nitrogens with one attached hydrogen (secondary N) is 2. The zero-order valence-electron chi connectivity index (χ0n) is 18.0. The van der Waals surface area contributed by atoms with Crippen molar-refractivity contribution in [3.63, 3.8) is 0 Å². The van der Waals surface area contributed by atoms with Crippen molar-refractivity contribution in [1.29, 1.82) is 0 Å². The van der Waals surface area contributed by atoms with Gasteiger partial charge in [-0.2, -0.15) is 13.2 Å². The van der Waals surface area contributed by atoms with Crippen molar-refractivity contribution in [1.82, 2.24) is 10.7 Å². The standard InChI is InChI=1S/C21H16ClF4N3O7/c1-36-15-5-3-10(22)7-12(15)20(23)11-4-2-9(21(24,25)26)6-14(11)29(18(20)34)28-19(35)27-13(17(32)33)8-16(30)31/h2-7,13H,8H2,1H3,(H,30,31)(H,32,33)(H2,27,28,35). The number of ether oxygens (including phenoxy) is 1. The Morgan fingerprint density at radius 2 is 1.81 bits per heavy atom. The first kappa shape index (κ1) is 26.5. The van der Waals surface area contributed by atoms with E-state index in [1.54, 1.807) is 10.7 Å². The summed E-state index contributed by atoms with van der Waals surface area (Å²) in [7, 11) is 1.15. The number of alkyl halides is 4. The van der Waals surface area contributed by atoms with Crippen molar-refractivity contribution >= 4 is 41.2 Å². The van der Waals surface area contributed by atoms with Crippen LogP contribution in [0.1, 0.15) is 23.1 Å². The van der Waals surface area contributed by atoms with Gasteiger partial charge < -0.3 is 20.3 Å². The zero-order valence-corrected chi connectivity index (χ0v) is 18.8. The Labute approximate surface area is 204 Å². The number of urea groups is 1. The van der Waals surface area contributed by atoms with Gasteiger partial charge in [0, 0.05) is 16.1 Å². The molecule has 0 aromatic heterocycles. The zero-order chi connectivity index (χ0) is 27.0. The summed E-state index contributed by atoms with van der Waals surface area (Å²) in [5.74, 6) is -5.09. The summed E-state index contributed by atoms with van der Waals surface area (Å²) >= 11 is 5.94. The normalized spacial score (nSPS) is 17.8. The minimum atomic E-state index is -4.91. The van der Waals surface area contributed by atoms with E-state index in [0.29, 0.717) is 18.2 Å². The first-order valence-electron chi connectivity index (χ1n) is 9.81. The topological polar surface area (TPSA) is 145 Å². The van der Waals surface area contributed by atoms with Crippen molar-refractivity contribution in [2.24, 2.45) is 0 Å². The minimum Gasteiger partial charge on any atom is -0.496 e. The van der Waals surface area contributed by atoms with E-state index in [0.717, 1.165) is 13.2 Å². The smallest absolute Gasteiger partial charge is 0.416 e. The molecule has 10 nitrogen and oxygen atoms in total. The Kier molecular flexibility index (Phi) is 7.02. The Hall–Kier alpha value is -4.07. The molecule has 3 amide bonds. The van der Waals surface area contributed by atoms with Gasteiger partial charge in [0.2, 0.25) is 5.67 Å². The van der Waals surface area contributed by atoms with Crippen LogP contribution in [0.15, 0.2) is 36.4 Å². The largest absolute Gasteiger partial charge is 0.496 e. The van der Waals surface area contributed by atoms with Crippen LogP contribution in [0.4, 0.5) is 28.0 Å². The first-order valence-corrected chi connectivity index (χ1v) is 10.2. The number of anilines is 1. The molecule has 2 aromatic rings. The quantitative estimate of drug-likeness (QED) is 0.400. The van der Waals surface area contributed by atoms with Crippen LogP contribution in [-0.4, -0.2) is 47.2 Å². The van der Waals surface area contributed by atoms with Gasteiger partial charge in [0.25, 0.3) is 5.91 Å². The van der Waals surface area contributed by atoms with E-state index in [1.807, 2.05) is 0 Å². The Bertz CT molecular complexity index is 1260. The van der Waals surface area contributed by atoms with Gasteiger partial charge in [0.05, 0.1) is 24.8 Å². The molecule has 2 atom stereocenters. The number of methoxy groups -OCH3 is 1. The molecule has 2 unspecified atom stereocenters. The van der Waals surface area contributed by atoms with Gasteiger partial charge in [0.15, 0.2) is 0 Å². The van der Waals surface area contributed by atoms with Crippen LogP contribution in [0.25, 0.3) is 0 Å². The number of halogens is 5. The van der Waals surface area contributed by atoms with E-state index in [1.165, 1.54) is 12.1 Å². The van der Waals surface area contributed by atoms with Crippen LogP contribution in [0, 0.1) is 0 Å². The highest BCUT2D eigenvalue weighted by molar-refractivity contribution is 6.30. The summed E-state index contributed by atoms with van der Waals surface area (Å²) in [5.41, 5.74) is -4.44. The van der Waals surface area contributed by atoms with Crippen molar-refractivity contribution < 1.29 is 51.7 Å². The molecule has 0 spiro atoms. The summed E-state index contributed by atoms with van der Waals surface area (Å²) in [6, 6.07) is 1.76. The number of amides is 3. The summed E-state index contributed by atoms with van der Waals surface area (Å²) in [4.78, 5) is 47.7. The summed E-state index contributed by atoms with van der Waals surface area (Å²) in [6.07, 6.45) is -5.96. The van der Waals surface area contributed by atoms with E-state index in [4.69, 9.17) is 26.6 Å². The number of fused-ring (bicyclic) bond motifs is 1. The lowest BCUT2D eigenvalue weighted by Crippen LogP contribution is -2.55. The van der Waals surface area contributed by atoms with Crippen LogP contribution < -0.4 is 20.5 Å². The molecule has 0 radical (unpaired) electrons. The van der Waals surface area contributed by atoms with E-state index >= 15 is 4.39 Å². The number of carboxylic acid groups (broad SMARTS) is 2. The predicted molar refractivity (Wildman–Crippen MR) is 114 cm³/mol. The molecule has 3 rings (SSSR count). The molecule has 0 bridgehead atoms. The lowest BCUT2D eigenvalue weighted by atomic mass is 9.88. The van der Waals surface area contributed by atoms with E-state index in [-0.39, 0.29) is 15.8 Å². The summed E-state index contributed by atoms with van der Waals surface area (Å²) in [6.45, 7) is 0. The lowest BCUT2D eigenvalue weighted by Gasteiger charge is -2.24. The molecule has 192 valence electrons. The number of hydrogen-bond donors (Lipinski definition) is 4. The highest BCUT2D eigenvalue weighted by Gasteiger charge is 2.56. The Balaban J connectivity index is 2.11. The van der Waals surface area contributed by atoms with Crippen LogP contribution in [0.5, 0.6) is 5.75 Å². The van der Waals surface area contributed by atoms with E-state index in [2.05, 4.69) is 0 Å². The van der Waals surface area contributed by atoms with Gasteiger partial charge in [0.1, 0.15) is 11.8 Å². The molecule has 0 fully saturated rings. The van der Waals surface area contributed by atoms with Crippen LogP contribution in [0.2, 0.25) is 5.02 Å². The molecule has 1 aliphatic rings. The fourth-order valence-corrected chi connectivity index (χ4v) is 3.72. The molecule has 1 heterocycles. The highest BCUT2D eigenvalue weighted by Crippen LogP contribution is 2.51. The second kappa shape index (κ2) is 9.53. The third kappa shape index (κ3) is 4.84. The number of carboxylic acids is 2. The fourth-order valence-electron chi connectivity index (χ4n) is 3.55. The predicted octanol–water partition coefficient (Wildman–Crippen LogP) is 3.07. The van der Waals surface area contributed by atoms with Gasteiger partial charge in [-0.25, -0.2) is 24.4 Å². The molecular weight excluding hydrogens is 518 g/mol.